The van der Waals surface area contributed by atoms with E-state index < -0.39 is 0 Å². The van der Waals surface area contributed by atoms with Crippen LogP contribution in [0.4, 0.5) is 0 Å². The molecule has 4 nitrogen and oxygen atoms in total. The Morgan fingerprint density at radius 1 is 0.917 bits per heavy atom. The molecular formula is C20H23N3O. The van der Waals surface area contributed by atoms with E-state index in [1.165, 1.54) is 16.3 Å². The number of piperazine rings is 1. The van der Waals surface area contributed by atoms with Gasteiger partial charge in [-0.3, -0.25) is 9.80 Å². The Hall–Kier alpha value is -2.17. The molecule has 0 saturated carbocycles. The van der Waals surface area contributed by atoms with Crippen LogP contribution in [0.15, 0.2) is 53.1 Å². The minimum absolute atomic E-state index is 0.888. The van der Waals surface area contributed by atoms with Gasteiger partial charge in [-0.05, 0) is 23.3 Å². The third-order valence-corrected chi connectivity index (χ3v) is 4.80. The van der Waals surface area contributed by atoms with Gasteiger partial charge in [0.25, 0.3) is 0 Å². The zero-order valence-corrected chi connectivity index (χ0v) is 14.1. The zero-order valence-electron chi connectivity index (χ0n) is 14.1. The van der Waals surface area contributed by atoms with Crippen LogP contribution in [0.25, 0.3) is 10.8 Å². The molecule has 4 heteroatoms. The standard InChI is InChI=1S/C20H23N3O/c1-16-13-19(21-24-16)15-23-11-9-22(10-12-23)14-18-7-4-6-17-5-2-3-8-20(17)18/h2-8,13H,9-12,14-15H2,1H3. The Bertz CT molecular complexity index is 813. The van der Waals surface area contributed by atoms with Crippen molar-refractivity contribution in [2.24, 2.45) is 0 Å². The fourth-order valence-corrected chi connectivity index (χ4v) is 3.50. The Kier molecular flexibility index (Phi) is 4.32. The van der Waals surface area contributed by atoms with Gasteiger partial charge in [-0.1, -0.05) is 47.6 Å². The minimum Gasteiger partial charge on any atom is -0.361 e. The van der Waals surface area contributed by atoms with Crippen LogP contribution in [0.1, 0.15) is 17.0 Å². The normalized spacial score (nSPS) is 16.7. The lowest BCUT2D eigenvalue weighted by molar-refractivity contribution is 0.120. The Labute approximate surface area is 142 Å². The quantitative estimate of drug-likeness (QED) is 0.737. The van der Waals surface area contributed by atoms with Crippen molar-refractivity contribution in [3.63, 3.8) is 0 Å². The summed E-state index contributed by atoms with van der Waals surface area (Å²) in [5.74, 6) is 0.889. The third-order valence-electron chi connectivity index (χ3n) is 4.80. The van der Waals surface area contributed by atoms with E-state index in [9.17, 15) is 0 Å². The van der Waals surface area contributed by atoms with Crippen LogP contribution in [-0.4, -0.2) is 41.1 Å². The van der Waals surface area contributed by atoms with Crippen LogP contribution in [0.5, 0.6) is 0 Å². The SMILES string of the molecule is Cc1cc(CN2CCN(Cc3cccc4ccccc34)CC2)no1. The molecule has 1 fully saturated rings. The highest BCUT2D eigenvalue weighted by Crippen LogP contribution is 2.20. The molecule has 0 unspecified atom stereocenters. The largest absolute Gasteiger partial charge is 0.361 e. The van der Waals surface area contributed by atoms with Crippen molar-refractivity contribution in [1.82, 2.24) is 15.0 Å². The van der Waals surface area contributed by atoms with Gasteiger partial charge in [-0.15, -0.1) is 0 Å². The van der Waals surface area contributed by atoms with Crippen molar-refractivity contribution in [2.75, 3.05) is 26.2 Å². The van der Waals surface area contributed by atoms with E-state index in [1.807, 2.05) is 13.0 Å². The van der Waals surface area contributed by atoms with E-state index in [1.54, 1.807) is 0 Å². The van der Waals surface area contributed by atoms with Crippen LogP contribution < -0.4 is 0 Å². The molecule has 0 aliphatic carbocycles. The second-order valence-corrected chi connectivity index (χ2v) is 6.62. The Balaban J connectivity index is 1.37. The van der Waals surface area contributed by atoms with Gasteiger partial charge in [0.2, 0.25) is 0 Å². The Morgan fingerprint density at radius 3 is 2.38 bits per heavy atom. The van der Waals surface area contributed by atoms with Crippen molar-refractivity contribution in [3.8, 4) is 0 Å². The molecule has 0 spiro atoms. The van der Waals surface area contributed by atoms with Gasteiger partial charge in [0.05, 0.1) is 5.69 Å². The van der Waals surface area contributed by atoms with Crippen molar-refractivity contribution >= 4 is 10.8 Å². The van der Waals surface area contributed by atoms with Gasteiger partial charge in [0.1, 0.15) is 5.76 Å². The molecule has 24 heavy (non-hydrogen) atoms. The predicted molar refractivity (Wildman–Crippen MR) is 95.7 cm³/mol. The van der Waals surface area contributed by atoms with Gasteiger partial charge in [-0.2, -0.15) is 0 Å². The summed E-state index contributed by atoms with van der Waals surface area (Å²) in [4.78, 5) is 5.00. The first-order chi connectivity index (χ1) is 11.8. The van der Waals surface area contributed by atoms with Crippen LogP contribution in [0, 0.1) is 6.92 Å². The highest BCUT2D eigenvalue weighted by atomic mass is 16.5. The summed E-state index contributed by atoms with van der Waals surface area (Å²) in [7, 11) is 0. The van der Waals surface area contributed by atoms with Crippen molar-refractivity contribution < 1.29 is 4.52 Å². The molecule has 124 valence electrons. The monoisotopic (exact) mass is 321 g/mol. The number of hydrogen-bond acceptors (Lipinski definition) is 4. The summed E-state index contributed by atoms with van der Waals surface area (Å²) in [6.45, 7) is 8.21. The lowest BCUT2D eigenvalue weighted by atomic mass is 10.0. The molecule has 2 heterocycles. The van der Waals surface area contributed by atoms with Gasteiger partial charge < -0.3 is 4.52 Å². The second kappa shape index (κ2) is 6.75. The van der Waals surface area contributed by atoms with Crippen molar-refractivity contribution in [3.05, 3.63) is 65.5 Å². The molecule has 3 aromatic rings. The first-order valence-corrected chi connectivity index (χ1v) is 8.61. The summed E-state index contributed by atoms with van der Waals surface area (Å²) in [6, 6.07) is 17.3. The lowest BCUT2D eigenvalue weighted by Crippen LogP contribution is -2.45. The number of aromatic nitrogens is 1. The summed E-state index contributed by atoms with van der Waals surface area (Å²) < 4.78 is 5.16. The number of hydrogen-bond donors (Lipinski definition) is 0. The smallest absolute Gasteiger partial charge is 0.133 e. The highest BCUT2D eigenvalue weighted by molar-refractivity contribution is 5.85. The first kappa shape index (κ1) is 15.4. The van der Waals surface area contributed by atoms with Gasteiger partial charge in [-0.25, -0.2) is 0 Å². The molecule has 1 aromatic heterocycles. The summed E-state index contributed by atoms with van der Waals surface area (Å²) in [5, 5.41) is 6.80. The molecular weight excluding hydrogens is 298 g/mol. The summed E-state index contributed by atoms with van der Waals surface area (Å²) in [5.41, 5.74) is 2.46. The van der Waals surface area contributed by atoms with Crippen LogP contribution in [-0.2, 0) is 13.1 Å². The molecule has 4 rings (SSSR count). The minimum atomic E-state index is 0.888. The zero-order chi connectivity index (χ0) is 16.4. The van der Waals surface area contributed by atoms with Crippen LogP contribution in [0.2, 0.25) is 0 Å². The number of rotatable bonds is 4. The highest BCUT2D eigenvalue weighted by Gasteiger charge is 2.18. The molecule has 2 aromatic carbocycles. The number of aryl methyl sites for hydroxylation is 1. The maximum absolute atomic E-state index is 5.16. The van der Waals surface area contributed by atoms with Gasteiger partial charge in [0, 0.05) is 45.3 Å². The molecule has 0 amide bonds. The molecule has 1 aliphatic rings. The Morgan fingerprint density at radius 2 is 1.62 bits per heavy atom. The van der Waals surface area contributed by atoms with E-state index >= 15 is 0 Å². The number of nitrogens with zero attached hydrogens (tertiary/aromatic N) is 3. The van der Waals surface area contributed by atoms with E-state index in [0.29, 0.717) is 0 Å². The van der Waals surface area contributed by atoms with Crippen molar-refractivity contribution in [1.29, 1.82) is 0 Å². The average molecular weight is 321 g/mol. The number of fused-ring (bicyclic) bond motifs is 1. The summed E-state index contributed by atoms with van der Waals surface area (Å²) in [6.07, 6.45) is 0. The molecule has 0 N–H and O–H groups in total. The molecule has 0 radical (unpaired) electrons. The molecule has 0 bridgehead atoms. The van der Waals surface area contributed by atoms with Gasteiger partial charge >= 0.3 is 0 Å². The van der Waals surface area contributed by atoms with Crippen LogP contribution in [0.3, 0.4) is 0 Å². The fraction of sp³-hybridized carbons (Fsp3) is 0.350. The van der Waals surface area contributed by atoms with E-state index in [0.717, 1.165) is 50.7 Å². The molecule has 1 aliphatic heterocycles. The fourth-order valence-electron chi connectivity index (χ4n) is 3.50. The third kappa shape index (κ3) is 3.35. The number of benzene rings is 2. The second-order valence-electron chi connectivity index (χ2n) is 6.62. The summed E-state index contributed by atoms with van der Waals surface area (Å²) >= 11 is 0. The average Bonchev–Trinajstić information content (AvgIpc) is 3.02. The maximum Gasteiger partial charge on any atom is 0.133 e. The van der Waals surface area contributed by atoms with Crippen molar-refractivity contribution in [2.45, 2.75) is 20.0 Å². The topological polar surface area (TPSA) is 32.5 Å². The first-order valence-electron chi connectivity index (χ1n) is 8.61. The predicted octanol–water partition coefficient (Wildman–Crippen LogP) is 3.45. The molecule has 1 saturated heterocycles. The lowest BCUT2D eigenvalue weighted by Gasteiger charge is -2.34. The molecule has 0 atom stereocenters. The maximum atomic E-state index is 5.16. The van der Waals surface area contributed by atoms with Gasteiger partial charge in [0.15, 0.2) is 0 Å². The van der Waals surface area contributed by atoms with Crippen LogP contribution >= 0.6 is 0 Å². The van der Waals surface area contributed by atoms with E-state index in [4.69, 9.17) is 4.52 Å². The van der Waals surface area contributed by atoms with E-state index in [2.05, 4.69) is 57.4 Å². The van der Waals surface area contributed by atoms with E-state index in [-0.39, 0.29) is 0 Å².